The van der Waals surface area contributed by atoms with Crippen molar-refractivity contribution in [3.05, 3.63) is 58.6 Å². The minimum absolute atomic E-state index is 0.0359. The van der Waals surface area contributed by atoms with E-state index in [2.05, 4.69) is 0 Å². The number of ether oxygens (including phenoxy) is 1. The molecule has 0 amide bonds. The lowest BCUT2D eigenvalue weighted by Crippen LogP contribution is -2.01. The molecule has 0 atom stereocenters. The van der Waals surface area contributed by atoms with Gasteiger partial charge in [0.25, 0.3) is 9.05 Å². The van der Waals surface area contributed by atoms with Crippen LogP contribution >= 0.6 is 22.3 Å². The van der Waals surface area contributed by atoms with Crippen LogP contribution in [0.5, 0.6) is 5.75 Å². The Morgan fingerprint density at radius 1 is 1.15 bits per heavy atom. The molecule has 0 aliphatic heterocycles. The van der Waals surface area contributed by atoms with Crippen molar-refractivity contribution in [3.8, 4) is 5.75 Å². The summed E-state index contributed by atoms with van der Waals surface area (Å²) in [5, 5.41) is 0.565. The highest BCUT2D eigenvalue weighted by atomic mass is 35.7. The van der Waals surface area contributed by atoms with E-state index in [1.54, 1.807) is 25.1 Å². The molecule has 0 unspecified atom stereocenters. The third-order valence-corrected chi connectivity index (χ3v) is 4.41. The van der Waals surface area contributed by atoms with E-state index < -0.39 is 9.05 Å². The molecule has 0 radical (unpaired) electrons. The SMILES string of the molecule is Cc1ccc(OCc2ccccc2Cl)c(S(=O)(=O)Cl)c1. The second kappa shape index (κ2) is 6.04. The second-order valence-corrected chi connectivity index (χ2v) is 7.21. The van der Waals surface area contributed by atoms with Gasteiger partial charge in [-0.15, -0.1) is 0 Å². The van der Waals surface area contributed by atoms with Crippen molar-refractivity contribution in [1.29, 1.82) is 0 Å². The van der Waals surface area contributed by atoms with Crippen molar-refractivity contribution in [1.82, 2.24) is 0 Å². The summed E-state index contributed by atoms with van der Waals surface area (Å²) in [7, 11) is 1.56. The Labute approximate surface area is 127 Å². The van der Waals surface area contributed by atoms with Gasteiger partial charge in [0, 0.05) is 21.3 Å². The molecule has 2 aromatic rings. The molecular formula is C14H12Cl2O3S. The highest BCUT2D eigenvalue weighted by Gasteiger charge is 2.17. The Hall–Kier alpha value is -1.23. The van der Waals surface area contributed by atoms with Crippen LogP contribution in [0.15, 0.2) is 47.4 Å². The van der Waals surface area contributed by atoms with Crippen molar-refractivity contribution in [2.45, 2.75) is 18.4 Å². The summed E-state index contributed by atoms with van der Waals surface area (Å²) in [6, 6.07) is 12.0. The molecule has 0 spiro atoms. The third-order valence-electron chi connectivity index (χ3n) is 2.70. The molecule has 0 heterocycles. The van der Waals surface area contributed by atoms with Crippen LogP contribution in [0.3, 0.4) is 0 Å². The number of halogens is 2. The lowest BCUT2D eigenvalue weighted by atomic mass is 10.2. The second-order valence-electron chi connectivity index (χ2n) is 4.27. The van der Waals surface area contributed by atoms with E-state index in [9.17, 15) is 8.42 Å². The molecule has 2 aromatic carbocycles. The van der Waals surface area contributed by atoms with Gasteiger partial charge in [0.05, 0.1) is 0 Å². The van der Waals surface area contributed by atoms with E-state index in [0.717, 1.165) is 11.1 Å². The van der Waals surface area contributed by atoms with Crippen molar-refractivity contribution in [2.75, 3.05) is 0 Å². The van der Waals surface area contributed by atoms with E-state index >= 15 is 0 Å². The van der Waals surface area contributed by atoms with Crippen molar-refractivity contribution in [3.63, 3.8) is 0 Å². The normalized spacial score (nSPS) is 11.3. The maximum atomic E-state index is 11.5. The predicted octanol–water partition coefficient (Wildman–Crippen LogP) is 4.15. The zero-order valence-corrected chi connectivity index (χ0v) is 13.0. The van der Waals surface area contributed by atoms with Gasteiger partial charge in [-0.25, -0.2) is 8.42 Å². The van der Waals surface area contributed by atoms with Crippen molar-refractivity contribution in [2.24, 2.45) is 0 Å². The van der Waals surface area contributed by atoms with Crippen LogP contribution in [-0.2, 0) is 15.7 Å². The Bertz CT molecular complexity index is 727. The number of rotatable bonds is 4. The lowest BCUT2D eigenvalue weighted by molar-refractivity contribution is 0.298. The third kappa shape index (κ3) is 3.66. The number of aryl methyl sites for hydroxylation is 1. The number of benzene rings is 2. The zero-order chi connectivity index (χ0) is 14.8. The molecule has 3 nitrogen and oxygen atoms in total. The Morgan fingerprint density at radius 3 is 2.50 bits per heavy atom. The van der Waals surface area contributed by atoms with E-state index in [0.29, 0.717) is 5.02 Å². The van der Waals surface area contributed by atoms with Crippen LogP contribution in [0.4, 0.5) is 0 Å². The van der Waals surface area contributed by atoms with Gasteiger partial charge in [0.2, 0.25) is 0 Å². The molecule has 0 saturated carbocycles. The van der Waals surface area contributed by atoms with E-state index in [-0.39, 0.29) is 17.3 Å². The number of hydrogen-bond acceptors (Lipinski definition) is 3. The van der Waals surface area contributed by atoms with Gasteiger partial charge in [-0.2, -0.15) is 0 Å². The lowest BCUT2D eigenvalue weighted by Gasteiger charge is -2.11. The smallest absolute Gasteiger partial charge is 0.264 e. The summed E-state index contributed by atoms with van der Waals surface area (Å²) in [6.45, 7) is 1.95. The molecule has 20 heavy (non-hydrogen) atoms. The maximum absolute atomic E-state index is 11.5. The van der Waals surface area contributed by atoms with Crippen LogP contribution in [0.2, 0.25) is 5.02 Å². The Kier molecular flexibility index (Phi) is 4.58. The van der Waals surface area contributed by atoms with E-state index in [4.69, 9.17) is 27.0 Å². The molecule has 0 aliphatic carbocycles. The minimum Gasteiger partial charge on any atom is -0.487 e. The van der Waals surface area contributed by atoms with Crippen LogP contribution in [-0.4, -0.2) is 8.42 Å². The van der Waals surface area contributed by atoms with Crippen LogP contribution < -0.4 is 4.74 Å². The van der Waals surface area contributed by atoms with E-state index in [1.807, 2.05) is 18.2 Å². The first kappa shape index (κ1) is 15.2. The average Bonchev–Trinajstić information content (AvgIpc) is 2.38. The molecule has 2 rings (SSSR count). The van der Waals surface area contributed by atoms with Gasteiger partial charge in [-0.1, -0.05) is 35.9 Å². The monoisotopic (exact) mass is 330 g/mol. The molecule has 6 heteroatoms. The van der Waals surface area contributed by atoms with Gasteiger partial charge >= 0.3 is 0 Å². The first-order valence-corrected chi connectivity index (χ1v) is 8.48. The molecule has 0 aliphatic rings. The molecule has 0 bridgehead atoms. The van der Waals surface area contributed by atoms with Gasteiger partial charge in [0.15, 0.2) is 0 Å². The summed E-state index contributed by atoms with van der Waals surface area (Å²) < 4.78 is 28.6. The molecular weight excluding hydrogens is 319 g/mol. The summed E-state index contributed by atoms with van der Waals surface area (Å²) in [4.78, 5) is -0.0359. The summed E-state index contributed by atoms with van der Waals surface area (Å²) in [6.07, 6.45) is 0. The fraction of sp³-hybridized carbons (Fsp3) is 0.143. The largest absolute Gasteiger partial charge is 0.487 e. The first-order chi connectivity index (χ1) is 9.38. The number of hydrogen-bond donors (Lipinski definition) is 0. The maximum Gasteiger partial charge on any atom is 0.264 e. The quantitative estimate of drug-likeness (QED) is 0.790. The van der Waals surface area contributed by atoms with E-state index in [1.165, 1.54) is 6.07 Å². The first-order valence-electron chi connectivity index (χ1n) is 5.79. The summed E-state index contributed by atoms with van der Waals surface area (Å²) in [5.74, 6) is 0.213. The molecule has 0 fully saturated rings. The van der Waals surface area contributed by atoms with Gasteiger partial charge < -0.3 is 4.74 Å². The zero-order valence-electron chi connectivity index (χ0n) is 10.6. The van der Waals surface area contributed by atoms with Crippen LogP contribution in [0, 0.1) is 6.92 Å². The van der Waals surface area contributed by atoms with Crippen molar-refractivity contribution < 1.29 is 13.2 Å². The topological polar surface area (TPSA) is 43.4 Å². The highest BCUT2D eigenvalue weighted by molar-refractivity contribution is 8.13. The predicted molar refractivity (Wildman–Crippen MR) is 80.0 cm³/mol. The fourth-order valence-corrected chi connectivity index (χ4v) is 2.94. The molecule has 0 N–H and O–H groups in total. The summed E-state index contributed by atoms with van der Waals surface area (Å²) >= 11 is 6.02. The molecule has 106 valence electrons. The van der Waals surface area contributed by atoms with Crippen molar-refractivity contribution >= 4 is 31.3 Å². The standard InChI is InChI=1S/C14H12Cl2O3S/c1-10-6-7-13(14(8-10)20(16,17)18)19-9-11-4-2-3-5-12(11)15/h2-8H,9H2,1H3. The fourth-order valence-electron chi connectivity index (χ4n) is 1.70. The van der Waals surface area contributed by atoms with Gasteiger partial charge in [-0.3, -0.25) is 0 Å². The average molecular weight is 331 g/mol. The van der Waals surface area contributed by atoms with Crippen LogP contribution in [0.1, 0.15) is 11.1 Å². The molecule has 0 aromatic heterocycles. The summed E-state index contributed by atoms with van der Waals surface area (Å²) in [5.41, 5.74) is 1.56. The van der Waals surface area contributed by atoms with Gasteiger partial charge in [-0.05, 0) is 30.7 Å². The Balaban J connectivity index is 2.29. The minimum atomic E-state index is -3.86. The molecule has 0 saturated heterocycles. The highest BCUT2D eigenvalue weighted by Crippen LogP contribution is 2.29. The van der Waals surface area contributed by atoms with Gasteiger partial charge in [0.1, 0.15) is 17.3 Å². The Morgan fingerprint density at radius 2 is 1.85 bits per heavy atom. The van der Waals surface area contributed by atoms with Crippen LogP contribution in [0.25, 0.3) is 0 Å².